The van der Waals surface area contributed by atoms with Gasteiger partial charge in [-0.25, -0.2) is 4.98 Å². The van der Waals surface area contributed by atoms with Crippen molar-refractivity contribution >= 4 is 5.78 Å². The quantitative estimate of drug-likeness (QED) is 0.520. The molecule has 126 valence electrons. The molecular formula is C20H14N4O2. The van der Waals surface area contributed by atoms with Crippen molar-refractivity contribution in [1.29, 1.82) is 0 Å². The van der Waals surface area contributed by atoms with Crippen LogP contribution in [0.15, 0.2) is 71.4 Å². The Balaban J connectivity index is 1.66. The monoisotopic (exact) mass is 342 g/mol. The number of hydrogen-bond donors (Lipinski definition) is 0. The van der Waals surface area contributed by atoms with Gasteiger partial charge in [-0.1, -0.05) is 42.5 Å². The number of nitrogens with zero attached hydrogens (tertiary/aromatic N) is 4. The minimum Gasteiger partial charge on any atom is -0.415 e. The predicted octanol–water partition coefficient (Wildman–Crippen LogP) is 4.06. The lowest BCUT2D eigenvalue weighted by atomic mass is 10.1. The zero-order valence-corrected chi connectivity index (χ0v) is 14.0. The molecule has 4 aromatic rings. The summed E-state index contributed by atoms with van der Waals surface area (Å²) in [6.45, 7) is 1.54. The van der Waals surface area contributed by atoms with E-state index in [1.807, 2.05) is 42.5 Å². The SMILES string of the molecule is CC(=O)c1ccc(-c2cncc(-c3nnc(-c4ccccc4)o3)n2)cc1. The van der Waals surface area contributed by atoms with Crippen LogP contribution in [-0.2, 0) is 0 Å². The number of Topliss-reactive ketones (excluding diaryl/α,β-unsaturated/α-hetero) is 1. The molecule has 0 atom stereocenters. The van der Waals surface area contributed by atoms with E-state index in [4.69, 9.17) is 4.42 Å². The third-order valence-corrected chi connectivity index (χ3v) is 3.89. The first kappa shape index (κ1) is 15.8. The van der Waals surface area contributed by atoms with Gasteiger partial charge in [0.1, 0.15) is 5.69 Å². The third-order valence-electron chi connectivity index (χ3n) is 3.89. The highest BCUT2D eigenvalue weighted by Crippen LogP contribution is 2.24. The summed E-state index contributed by atoms with van der Waals surface area (Å²) >= 11 is 0. The van der Waals surface area contributed by atoms with Crippen molar-refractivity contribution in [3.8, 4) is 34.3 Å². The molecular weight excluding hydrogens is 328 g/mol. The normalized spacial score (nSPS) is 10.7. The number of ketones is 1. The van der Waals surface area contributed by atoms with E-state index < -0.39 is 0 Å². The number of carbonyl (C=O) groups is 1. The molecule has 0 aliphatic rings. The van der Waals surface area contributed by atoms with Crippen molar-refractivity contribution in [2.75, 3.05) is 0 Å². The first-order valence-electron chi connectivity index (χ1n) is 8.03. The van der Waals surface area contributed by atoms with Crippen molar-refractivity contribution in [3.63, 3.8) is 0 Å². The Labute approximate surface area is 149 Å². The summed E-state index contributed by atoms with van der Waals surface area (Å²) < 4.78 is 5.73. The smallest absolute Gasteiger partial charge is 0.268 e. The number of carbonyl (C=O) groups excluding carboxylic acids is 1. The summed E-state index contributed by atoms with van der Waals surface area (Å²) in [7, 11) is 0. The molecule has 2 aromatic heterocycles. The van der Waals surface area contributed by atoms with Gasteiger partial charge in [-0.05, 0) is 19.1 Å². The van der Waals surface area contributed by atoms with E-state index in [2.05, 4.69) is 20.2 Å². The standard InChI is InChI=1S/C20H14N4O2/c1-13(25)14-7-9-15(10-8-14)17-11-21-12-18(22-17)20-24-23-19(26-20)16-5-3-2-4-6-16/h2-12H,1H3. The second-order valence-electron chi connectivity index (χ2n) is 5.70. The van der Waals surface area contributed by atoms with Crippen LogP contribution in [0.5, 0.6) is 0 Å². The van der Waals surface area contributed by atoms with Crippen molar-refractivity contribution < 1.29 is 9.21 Å². The van der Waals surface area contributed by atoms with Crippen LogP contribution in [0.3, 0.4) is 0 Å². The number of benzene rings is 2. The van der Waals surface area contributed by atoms with E-state index in [1.54, 1.807) is 24.5 Å². The predicted molar refractivity (Wildman–Crippen MR) is 96.2 cm³/mol. The lowest BCUT2D eigenvalue weighted by Gasteiger charge is -2.03. The van der Waals surface area contributed by atoms with Crippen LogP contribution in [0.1, 0.15) is 17.3 Å². The van der Waals surface area contributed by atoms with Crippen molar-refractivity contribution in [2.24, 2.45) is 0 Å². The molecule has 0 aliphatic heterocycles. The summed E-state index contributed by atoms with van der Waals surface area (Å²) in [4.78, 5) is 20.2. The molecule has 0 spiro atoms. The highest BCUT2D eigenvalue weighted by atomic mass is 16.4. The van der Waals surface area contributed by atoms with Crippen LogP contribution in [-0.4, -0.2) is 25.9 Å². The zero-order valence-electron chi connectivity index (χ0n) is 14.0. The minimum atomic E-state index is 0.0238. The summed E-state index contributed by atoms with van der Waals surface area (Å²) in [6.07, 6.45) is 3.23. The van der Waals surface area contributed by atoms with Crippen molar-refractivity contribution in [3.05, 3.63) is 72.6 Å². The zero-order chi connectivity index (χ0) is 17.9. The van der Waals surface area contributed by atoms with E-state index in [0.29, 0.717) is 28.7 Å². The lowest BCUT2D eigenvalue weighted by Crippen LogP contribution is -1.93. The maximum atomic E-state index is 11.4. The molecule has 0 unspecified atom stereocenters. The Morgan fingerprint density at radius 3 is 2.23 bits per heavy atom. The number of hydrogen-bond acceptors (Lipinski definition) is 6. The lowest BCUT2D eigenvalue weighted by molar-refractivity contribution is 0.101. The van der Waals surface area contributed by atoms with Gasteiger partial charge in [-0.3, -0.25) is 9.78 Å². The topological polar surface area (TPSA) is 81.8 Å². The molecule has 0 aliphatic carbocycles. The average Bonchev–Trinajstić information content (AvgIpc) is 3.19. The van der Waals surface area contributed by atoms with Gasteiger partial charge in [0.05, 0.1) is 18.1 Å². The number of aromatic nitrogens is 4. The van der Waals surface area contributed by atoms with Crippen molar-refractivity contribution in [1.82, 2.24) is 20.2 Å². The molecule has 0 N–H and O–H groups in total. The van der Waals surface area contributed by atoms with E-state index in [0.717, 1.165) is 11.1 Å². The molecule has 2 heterocycles. The second-order valence-corrected chi connectivity index (χ2v) is 5.70. The molecule has 6 nitrogen and oxygen atoms in total. The minimum absolute atomic E-state index is 0.0238. The molecule has 4 rings (SSSR count). The first-order chi connectivity index (χ1) is 12.7. The molecule has 0 bridgehead atoms. The van der Waals surface area contributed by atoms with Gasteiger partial charge in [0, 0.05) is 16.7 Å². The second kappa shape index (κ2) is 6.68. The third kappa shape index (κ3) is 3.12. The molecule has 0 fully saturated rings. The Morgan fingerprint density at radius 1 is 0.808 bits per heavy atom. The molecule has 0 saturated carbocycles. The van der Waals surface area contributed by atoms with Crippen LogP contribution in [0.4, 0.5) is 0 Å². The summed E-state index contributed by atoms with van der Waals surface area (Å²) in [5, 5.41) is 8.15. The van der Waals surface area contributed by atoms with Gasteiger partial charge in [0.2, 0.25) is 5.89 Å². The summed E-state index contributed by atoms with van der Waals surface area (Å²) in [5.41, 5.74) is 3.51. The van der Waals surface area contributed by atoms with Crippen LogP contribution in [0.25, 0.3) is 34.3 Å². The number of rotatable bonds is 4. The molecule has 26 heavy (non-hydrogen) atoms. The Morgan fingerprint density at radius 2 is 1.50 bits per heavy atom. The fourth-order valence-electron chi connectivity index (χ4n) is 2.51. The van der Waals surface area contributed by atoms with Gasteiger partial charge in [-0.15, -0.1) is 10.2 Å². The molecule has 0 amide bonds. The Kier molecular flexibility index (Phi) is 4.07. The van der Waals surface area contributed by atoms with E-state index in [9.17, 15) is 4.79 Å². The van der Waals surface area contributed by atoms with Gasteiger partial charge < -0.3 is 4.42 Å². The summed E-state index contributed by atoms with van der Waals surface area (Å²) in [5.74, 6) is 0.757. The van der Waals surface area contributed by atoms with E-state index in [1.165, 1.54) is 6.92 Å². The first-order valence-corrected chi connectivity index (χ1v) is 8.03. The van der Waals surface area contributed by atoms with Gasteiger partial charge in [-0.2, -0.15) is 0 Å². The van der Waals surface area contributed by atoms with Crippen LogP contribution in [0, 0.1) is 0 Å². The van der Waals surface area contributed by atoms with E-state index >= 15 is 0 Å². The highest BCUT2D eigenvalue weighted by molar-refractivity contribution is 5.94. The Hall–Kier alpha value is -3.67. The van der Waals surface area contributed by atoms with Gasteiger partial charge in [0.15, 0.2) is 5.78 Å². The largest absolute Gasteiger partial charge is 0.415 e. The highest BCUT2D eigenvalue weighted by Gasteiger charge is 2.13. The van der Waals surface area contributed by atoms with Crippen LogP contribution < -0.4 is 0 Å². The van der Waals surface area contributed by atoms with Crippen molar-refractivity contribution in [2.45, 2.75) is 6.92 Å². The van der Waals surface area contributed by atoms with Gasteiger partial charge >= 0.3 is 0 Å². The van der Waals surface area contributed by atoms with Crippen LogP contribution in [0.2, 0.25) is 0 Å². The van der Waals surface area contributed by atoms with Crippen LogP contribution >= 0.6 is 0 Å². The molecule has 0 radical (unpaired) electrons. The fourth-order valence-corrected chi connectivity index (χ4v) is 2.51. The molecule has 6 heteroatoms. The Bertz CT molecular complexity index is 1060. The fraction of sp³-hybridized carbons (Fsp3) is 0.0500. The average molecular weight is 342 g/mol. The van der Waals surface area contributed by atoms with Gasteiger partial charge in [0.25, 0.3) is 5.89 Å². The summed E-state index contributed by atoms with van der Waals surface area (Å²) in [6, 6.07) is 16.8. The van der Waals surface area contributed by atoms with E-state index in [-0.39, 0.29) is 5.78 Å². The molecule has 2 aromatic carbocycles. The maximum absolute atomic E-state index is 11.4. The maximum Gasteiger partial charge on any atom is 0.268 e. The molecule has 0 saturated heterocycles.